The minimum absolute atomic E-state index is 0.0372. The first-order valence-electron chi connectivity index (χ1n) is 10.8. The molecule has 0 N–H and O–H groups in total. The maximum absolute atomic E-state index is 13.5. The summed E-state index contributed by atoms with van der Waals surface area (Å²) >= 11 is 0. The number of allylic oxidation sites excluding steroid dienone is 1. The van der Waals surface area contributed by atoms with Crippen molar-refractivity contribution in [2.45, 2.75) is 65.2 Å². The van der Waals surface area contributed by atoms with E-state index in [2.05, 4.69) is 75.0 Å². The summed E-state index contributed by atoms with van der Waals surface area (Å²) in [6, 6.07) is 19.2. The van der Waals surface area contributed by atoms with Crippen molar-refractivity contribution in [3.63, 3.8) is 0 Å². The Labute approximate surface area is 170 Å². The van der Waals surface area contributed by atoms with Gasteiger partial charge in [-0.05, 0) is 68.1 Å². The number of carbonyl (C=O) groups is 1. The van der Waals surface area contributed by atoms with Gasteiger partial charge in [-0.2, -0.15) is 0 Å². The van der Waals surface area contributed by atoms with Gasteiger partial charge < -0.3 is 0 Å². The smallest absolute Gasteiger partial charge is 0.146 e. The zero-order valence-electron chi connectivity index (χ0n) is 17.7. The quantitative estimate of drug-likeness (QED) is 0.500. The molecule has 1 unspecified atom stereocenters. The van der Waals surface area contributed by atoms with E-state index < -0.39 is 0 Å². The van der Waals surface area contributed by atoms with Crippen LogP contribution < -0.4 is 0 Å². The fourth-order valence-electron chi connectivity index (χ4n) is 4.82. The third-order valence-corrected chi connectivity index (χ3v) is 6.93. The highest BCUT2D eigenvalue weighted by molar-refractivity contribution is 5.91. The topological polar surface area (TPSA) is 17.1 Å². The summed E-state index contributed by atoms with van der Waals surface area (Å²) in [5.41, 5.74) is 4.63. The van der Waals surface area contributed by atoms with Crippen LogP contribution in [0.1, 0.15) is 75.5 Å². The Kier molecular flexibility index (Phi) is 6.54. The summed E-state index contributed by atoms with van der Waals surface area (Å²) in [5, 5.41) is 0. The minimum atomic E-state index is -0.139. The third kappa shape index (κ3) is 4.46. The zero-order chi connectivity index (χ0) is 20.1. The molecule has 3 rings (SSSR count). The number of hydrogen-bond donors (Lipinski definition) is 0. The Morgan fingerprint density at radius 1 is 1.07 bits per heavy atom. The summed E-state index contributed by atoms with van der Waals surface area (Å²) in [6.45, 7) is 10.3. The van der Waals surface area contributed by atoms with Crippen LogP contribution in [0.3, 0.4) is 0 Å². The highest BCUT2D eigenvalue weighted by atomic mass is 16.1. The molecular weight excluding hydrogens is 340 g/mol. The van der Waals surface area contributed by atoms with Gasteiger partial charge in [0.25, 0.3) is 0 Å². The van der Waals surface area contributed by atoms with Crippen molar-refractivity contribution in [3.8, 4) is 0 Å². The number of ketones is 1. The van der Waals surface area contributed by atoms with Crippen molar-refractivity contribution in [2.75, 3.05) is 0 Å². The van der Waals surface area contributed by atoms with Crippen molar-refractivity contribution < 1.29 is 4.79 Å². The second-order valence-electron chi connectivity index (χ2n) is 8.76. The number of carbonyl (C=O) groups excluding carboxylic acids is 1. The van der Waals surface area contributed by atoms with Crippen molar-refractivity contribution in [1.82, 2.24) is 0 Å². The molecule has 2 aromatic rings. The Morgan fingerprint density at radius 2 is 1.68 bits per heavy atom. The highest BCUT2D eigenvalue weighted by Gasteiger charge is 2.42. The van der Waals surface area contributed by atoms with Gasteiger partial charge in [-0.25, -0.2) is 0 Å². The monoisotopic (exact) mass is 374 g/mol. The molecule has 28 heavy (non-hydrogen) atoms. The molecule has 1 fully saturated rings. The lowest BCUT2D eigenvalue weighted by molar-refractivity contribution is -0.132. The van der Waals surface area contributed by atoms with E-state index in [0.717, 1.165) is 55.2 Å². The predicted molar refractivity (Wildman–Crippen MR) is 119 cm³/mol. The number of rotatable bonds is 7. The van der Waals surface area contributed by atoms with Crippen LogP contribution in [0.25, 0.3) is 5.57 Å². The van der Waals surface area contributed by atoms with E-state index in [-0.39, 0.29) is 11.3 Å². The van der Waals surface area contributed by atoms with Crippen molar-refractivity contribution in [2.24, 2.45) is 11.3 Å². The maximum Gasteiger partial charge on any atom is 0.146 e. The Bertz CT molecular complexity index is 792. The Morgan fingerprint density at radius 3 is 2.21 bits per heavy atom. The lowest BCUT2D eigenvalue weighted by atomic mass is 9.63. The molecule has 0 bridgehead atoms. The van der Waals surface area contributed by atoms with Crippen LogP contribution in [0.15, 0.2) is 61.2 Å². The van der Waals surface area contributed by atoms with Crippen LogP contribution >= 0.6 is 0 Å². The highest BCUT2D eigenvalue weighted by Crippen LogP contribution is 2.46. The van der Waals surface area contributed by atoms with Crippen LogP contribution in [0, 0.1) is 11.3 Å². The summed E-state index contributed by atoms with van der Waals surface area (Å²) in [6.07, 6.45) is 6.50. The van der Waals surface area contributed by atoms with Crippen LogP contribution in [0.5, 0.6) is 0 Å². The SMILES string of the molecule is C=C(C)c1ccc(C(C)C(=O)C2(CC)CCC(Cc3ccccc3)CC2)cc1. The molecule has 0 amide bonds. The van der Waals surface area contributed by atoms with E-state index in [9.17, 15) is 4.79 Å². The maximum atomic E-state index is 13.5. The van der Waals surface area contributed by atoms with Crippen LogP contribution in [-0.4, -0.2) is 5.78 Å². The lowest BCUT2D eigenvalue weighted by Crippen LogP contribution is -2.38. The predicted octanol–water partition coefficient (Wildman–Crippen LogP) is 7.22. The zero-order valence-corrected chi connectivity index (χ0v) is 17.7. The number of hydrogen-bond acceptors (Lipinski definition) is 1. The Hall–Kier alpha value is -2.15. The van der Waals surface area contributed by atoms with Gasteiger partial charge in [0.1, 0.15) is 5.78 Å². The first-order chi connectivity index (χ1) is 13.4. The molecule has 0 aromatic heterocycles. The first-order valence-corrected chi connectivity index (χ1v) is 10.8. The van der Waals surface area contributed by atoms with Crippen LogP contribution in [0.2, 0.25) is 0 Å². The Balaban J connectivity index is 1.66. The molecule has 1 saturated carbocycles. The summed E-state index contributed by atoms with van der Waals surface area (Å²) < 4.78 is 0. The van der Waals surface area contributed by atoms with Gasteiger partial charge in [0, 0.05) is 11.3 Å². The average molecular weight is 375 g/mol. The largest absolute Gasteiger partial charge is 0.298 e. The van der Waals surface area contributed by atoms with Gasteiger partial charge in [-0.1, -0.05) is 80.6 Å². The molecule has 0 saturated heterocycles. The van der Waals surface area contributed by atoms with E-state index in [1.165, 1.54) is 5.56 Å². The standard InChI is InChI=1S/C27H34O/c1-5-27(17-15-23(16-18-27)19-22-9-7-6-8-10-22)26(28)21(4)25-13-11-24(12-14-25)20(2)3/h6-14,21,23H,2,5,15-19H2,1,3-4H3. The normalized spacial score (nSPS) is 23.2. The summed E-state index contributed by atoms with van der Waals surface area (Å²) in [7, 11) is 0. The van der Waals surface area contributed by atoms with E-state index in [4.69, 9.17) is 0 Å². The van der Waals surface area contributed by atoms with E-state index in [1.54, 1.807) is 0 Å². The second-order valence-corrected chi connectivity index (χ2v) is 8.76. The second kappa shape index (κ2) is 8.90. The van der Waals surface area contributed by atoms with Gasteiger partial charge >= 0.3 is 0 Å². The van der Waals surface area contributed by atoms with Crippen molar-refractivity contribution >= 4 is 11.4 Å². The molecule has 1 heteroatoms. The van der Waals surface area contributed by atoms with Crippen molar-refractivity contribution in [3.05, 3.63) is 77.9 Å². The minimum Gasteiger partial charge on any atom is -0.298 e. The van der Waals surface area contributed by atoms with E-state index >= 15 is 0 Å². The number of Topliss-reactive ketones (excluding diaryl/α,β-unsaturated/α-hetero) is 1. The molecule has 2 aromatic carbocycles. The van der Waals surface area contributed by atoms with Gasteiger partial charge in [0.2, 0.25) is 0 Å². The fraction of sp³-hybridized carbons (Fsp3) is 0.444. The molecule has 148 valence electrons. The fourth-order valence-corrected chi connectivity index (χ4v) is 4.82. The third-order valence-electron chi connectivity index (χ3n) is 6.93. The van der Waals surface area contributed by atoms with Crippen LogP contribution in [-0.2, 0) is 11.2 Å². The number of benzene rings is 2. The van der Waals surface area contributed by atoms with Crippen LogP contribution in [0.4, 0.5) is 0 Å². The molecule has 1 aliphatic carbocycles. The molecule has 1 atom stereocenters. The summed E-state index contributed by atoms with van der Waals surface area (Å²) in [5.74, 6) is 1.11. The molecule has 1 nitrogen and oxygen atoms in total. The van der Waals surface area contributed by atoms with Gasteiger partial charge in [-0.3, -0.25) is 4.79 Å². The molecule has 1 aliphatic rings. The summed E-state index contributed by atoms with van der Waals surface area (Å²) in [4.78, 5) is 13.5. The average Bonchev–Trinajstić information content (AvgIpc) is 2.74. The lowest BCUT2D eigenvalue weighted by Gasteiger charge is -2.40. The molecule has 0 radical (unpaired) electrons. The molecular formula is C27H34O. The van der Waals surface area contributed by atoms with E-state index in [0.29, 0.717) is 11.7 Å². The van der Waals surface area contributed by atoms with Crippen molar-refractivity contribution in [1.29, 1.82) is 0 Å². The molecule has 0 aliphatic heterocycles. The van der Waals surface area contributed by atoms with Gasteiger partial charge in [0.15, 0.2) is 0 Å². The first kappa shape index (κ1) is 20.6. The van der Waals surface area contributed by atoms with Gasteiger partial charge in [-0.15, -0.1) is 0 Å². The molecule has 0 heterocycles. The van der Waals surface area contributed by atoms with E-state index in [1.807, 2.05) is 6.92 Å². The molecule has 0 spiro atoms. The van der Waals surface area contributed by atoms with Gasteiger partial charge in [0.05, 0.1) is 0 Å².